The first-order valence-corrected chi connectivity index (χ1v) is 4.77. The maximum Gasteiger partial charge on any atom is 0.0886 e. The third-order valence-corrected chi connectivity index (χ3v) is 2.41. The SMILES string of the molecule is CCOC(C)(C)C(O)C(C)CC. The predicted molar refractivity (Wildman–Crippen MR) is 51.2 cm³/mol. The molecule has 0 heterocycles. The lowest BCUT2D eigenvalue weighted by Gasteiger charge is -2.33. The van der Waals surface area contributed by atoms with Crippen LogP contribution < -0.4 is 0 Å². The molecule has 0 saturated heterocycles. The lowest BCUT2D eigenvalue weighted by Crippen LogP contribution is -2.43. The number of aliphatic hydroxyl groups is 1. The minimum absolute atomic E-state index is 0.298. The van der Waals surface area contributed by atoms with Crippen molar-refractivity contribution in [2.45, 2.75) is 52.7 Å². The van der Waals surface area contributed by atoms with E-state index in [0.717, 1.165) is 6.42 Å². The van der Waals surface area contributed by atoms with Gasteiger partial charge in [0.1, 0.15) is 0 Å². The van der Waals surface area contributed by atoms with Gasteiger partial charge in [-0.2, -0.15) is 0 Å². The zero-order valence-corrected chi connectivity index (χ0v) is 8.92. The fourth-order valence-electron chi connectivity index (χ4n) is 1.37. The highest BCUT2D eigenvalue weighted by Gasteiger charge is 2.31. The molecule has 0 fully saturated rings. The van der Waals surface area contributed by atoms with Crippen molar-refractivity contribution in [3.8, 4) is 0 Å². The molecule has 2 nitrogen and oxygen atoms in total. The van der Waals surface area contributed by atoms with Crippen LogP contribution in [0.2, 0.25) is 0 Å². The molecule has 2 unspecified atom stereocenters. The summed E-state index contributed by atoms with van der Waals surface area (Å²) in [6.45, 7) is 10.6. The molecule has 0 saturated carbocycles. The van der Waals surface area contributed by atoms with Gasteiger partial charge in [-0.3, -0.25) is 0 Å². The Labute approximate surface area is 75.9 Å². The van der Waals surface area contributed by atoms with E-state index in [1.54, 1.807) is 0 Å². The molecule has 0 aliphatic carbocycles. The first-order valence-electron chi connectivity index (χ1n) is 4.77. The molecule has 2 heteroatoms. The van der Waals surface area contributed by atoms with Crippen molar-refractivity contribution < 1.29 is 9.84 Å². The van der Waals surface area contributed by atoms with Gasteiger partial charge < -0.3 is 9.84 Å². The third kappa shape index (κ3) is 3.11. The van der Waals surface area contributed by atoms with Crippen molar-refractivity contribution in [3.05, 3.63) is 0 Å². The van der Waals surface area contributed by atoms with Crippen LogP contribution in [-0.4, -0.2) is 23.4 Å². The van der Waals surface area contributed by atoms with E-state index in [1.807, 2.05) is 27.7 Å². The molecule has 74 valence electrons. The molecular weight excluding hydrogens is 152 g/mol. The van der Waals surface area contributed by atoms with Crippen molar-refractivity contribution in [2.24, 2.45) is 5.92 Å². The second kappa shape index (κ2) is 4.83. The van der Waals surface area contributed by atoms with Crippen molar-refractivity contribution in [1.82, 2.24) is 0 Å². The van der Waals surface area contributed by atoms with Gasteiger partial charge in [0.2, 0.25) is 0 Å². The first kappa shape index (κ1) is 11.9. The minimum Gasteiger partial charge on any atom is -0.390 e. The van der Waals surface area contributed by atoms with Crippen LogP contribution in [0.5, 0.6) is 0 Å². The topological polar surface area (TPSA) is 29.5 Å². The highest BCUT2D eigenvalue weighted by molar-refractivity contribution is 4.82. The summed E-state index contributed by atoms with van der Waals surface area (Å²) in [5, 5.41) is 9.85. The quantitative estimate of drug-likeness (QED) is 0.692. The molecule has 0 bridgehead atoms. The molecule has 0 amide bonds. The van der Waals surface area contributed by atoms with E-state index in [9.17, 15) is 5.11 Å². The highest BCUT2D eigenvalue weighted by atomic mass is 16.5. The fraction of sp³-hybridized carbons (Fsp3) is 1.00. The van der Waals surface area contributed by atoms with E-state index in [-0.39, 0.29) is 6.10 Å². The summed E-state index contributed by atoms with van der Waals surface area (Å²) in [6.07, 6.45) is 0.611. The van der Waals surface area contributed by atoms with E-state index < -0.39 is 5.60 Å². The molecule has 0 radical (unpaired) electrons. The average molecular weight is 174 g/mol. The van der Waals surface area contributed by atoms with E-state index in [0.29, 0.717) is 12.5 Å². The Balaban J connectivity index is 4.13. The maximum absolute atomic E-state index is 9.85. The highest BCUT2D eigenvalue weighted by Crippen LogP contribution is 2.22. The summed E-state index contributed by atoms with van der Waals surface area (Å²) in [4.78, 5) is 0. The van der Waals surface area contributed by atoms with Crippen molar-refractivity contribution in [2.75, 3.05) is 6.61 Å². The molecule has 0 rings (SSSR count). The van der Waals surface area contributed by atoms with Crippen molar-refractivity contribution in [1.29, 1.82) is 0 Å². The number of ether oxygens (including phenoxy) is 1. The van der Waals surface area contributed by atoms with Gasteiger partial charge in [0.05, 0.1) is 11.7 Å². The molecular formula is C10H22O2. The summed E-state index contributed by atoms with van der Waals surface area (Å²) >= 11 is 0. The summed E-state index contributed by atoms with van der Waals surface area (Å²) < 4.78 is 5.46. The average Bonchev–Trinajstić information content (AvgIpc) is 2.01. The Morgan fingerprint density at radius 3 is 2.17 bits per heavy atom. The Morgan fingerprint density at radius 1 is 1.33 bits per heavy atom. The van der Waals surface area contributed by atoms with Crippen molar-refractivity contribution >= 4 is 0 Å². The molecule has 0 spiro atoms. The lowest BCUT2D eigenvalue weighted by molar-refractivity contribution is -0.115. The molecule has 0 aliphatic rings. The van der Waals surface area contributed by atoms with Crippen LogP contribution in [0, 0.1) is 5.92 Å². The van der Waals surface area contributed by atoms with Crippen LogP contribution in [-0.2, 0) is 4.74 Å². The summed E-state index contributed by atoms with van der Waals surface area (Å²) in [5.41, 5.74) is -0.413. The van der Waals surface area contributed by atoms with Crippen LogP contribution in [0.25, 0.3) is 0 Å². The van der Waals surface area contributed by atoms with Gasteiger partial charge in [-0.25, -0.2) is 0 Å². The van der Waals surface area contributed by atoms with Gasteiger partial charge in [0, 0.05) is 6.61 Å². The summed E-state index contributed by atoms with van der Waals surface area (Å²) in [5.74, 6) is 0.298. The normalized spacial score (nSPS) is 17.5. The molecule has 1 N–H and O–H groups in total. The molecule has 0 aromatic carbocycles. The zero-order chi connectivity index (χ0) is 9.78. The number of aliphatic hydroxyl groups excluding tert-OH is 1. The van der Waals surface area contributed by atoms with Crippen LogP contribution >= 0.6 is 0 Å². The van der Waals surface area contributed by atoms with Crippen LogP contribution in [0.1, 0.15) is 41.0 Å². The van der Waals surface area contributed by atoms with Gasteiger partial charge >= 0.3 is 0 Å². The first-order chi connectivity index (χ1) is 5.45. The number of hydrogen-bond acceptors (Lipinski definition) is 2. The van der Waals surface area contributed by atoms with Crippen LogP contribution in [0.4, 0.5) is 0 Å². The molecule has 0 aromatic heterocycles. The second-order valence-electron chi connectivity index (χ2n) is 3.87. The zero-order valence-electron chi connectivity index (χ0n) is 8.92. The Morgan fingerprint density at radius 2 is 1.83 bits per heavy atom. The standard InChI is InChI=1S/C10H22O2/c1-6-8(3)9(11)10(4,5)12-7-2/h8-9,11H,6-7H2,1-5H3. The largest absolute Gasteiger partial charge is 0.390 e. The van der Waals surface area contributed by atoms with E-state index in [2.05, 4.69) is 6.92 Å². The van der Waals surface area contributed by atoms with E-state index in [1.165, 1.54) is 0 Å². The molecule has 0 aliphatic heterocycles. The number of hydrogen-bond donors (Lipinski definition) is 1. The van der Waals surface area contributed by atoms with Gasteiger partial charge in [0.25, 0.3) is 0 Å². The Hall–Kier alpha value is -0.0800. The van der Waals surface area contributed by atoms with Crippen LogP contribution in [0.15, 0.2) is 0 Å². The van der Waals surface area contributed by atoms with Gasteiger partial charge in [-0.1, -0.05) is 20.3 Å². The Kier molecular flexibility index (Phi) is 4.80. The van der Waals surface area contributed by atoms with E-state index >= 15 is 0 Å². The predicted octanol–water partition coefficient (Wildman–Crippen LogP) is 2.21. The molecule has 12 heavy (non-hydrogen) atoms. The Bertz CT molecular complexity index is 121. The summed E-state index contributed by atoms with van der Waals surface area (Å²) in [6, 6.07) is 0. The van der Waals surface area contributed by atoms with Gasteiger partial charge in [0.15, 0.2) is 0 Å². The second-order valence-corrected chi connectivity index (χ2v) is 3.87. The van der Waals surface area contributed by atoms with Crippen LogP contribution in [0.3, 0.4) is 0 Å². The van der Waals surface area contributed by atoms with Gasteiger partial charge in [-0.05, 0) is 26.7 Å². The van der Waals surface area contributed by atoms with Crippen molar-refractivity contribution in [3.63, 3.8) is 0 Å². The summed E-state index contributed by atoms with van der Waals surface area (Å²) in [7, 11) is 0. The monoisotopic (exact) mass is 174 g/mol. The van der Waals surface area contributed by atoms with Gasteiger partial charge in [-0.15, -0.1) is 0 Å². The third-order valence-electron chi connectivity index (χ3n) is 2.41. The molecule has 2 atom stereocenters. The smallest absolute Gasteiger partial charge is 0.0886 e. The van der Waals surface area contributed by atoms with E-state index in [4.69, 9.17) is 4.74 Å². The minimum atomic E-state index is -0.413. The maximum atomic E-state index is 9.85. The number of rotatable bonds is 5. The fourth-order valence-corrected chi connectivity index (χ4v) is 1.37. The lowest BCUT2D eigenvalue weighted by atomic mass is 9.89. The molecule has 0 aromatic rings.